The van der Waals surface area contributed by atoms with Crippen LogP contribution in [-0.4, -0.2) is 24.4 Å². The molecule has 2 rings (SSSR count). The Hall–Kier alpha value is -1.91. The van der Waals surface area contributed by atoms with Gasteiger partial charge in [0.05, 0.1) is 0 Å². The molecule has 0 aliphatic carbocycles. The largest absolute Gasteiger partial charge is 0.344 e. The van der Waals surface area contributed by atoms with Crippen LogP contribution in [0.1, 0.15) is 25.8 Å². The topological polar surface area (TPSA) is 49.4 Å². The van der Waals surface area contributed by atoms with Crippen molar-refractivity contribution in [3.63, 3.8) is 0 Å². The summed E-state index contributed by atoms with van der Waals surface area (Å²) in [5.74, 6) is -0.725. The molecule has 1 N–H and O–H groups in total. The van der Waals surface area contributed by atoms with Gasteiger partial charge in [-0.15, -0.1) is 0 Å². The van der Waals surface area contributed by atoms with E-state index in [0.29, 0.717) is 5.69 Å². The summed E-state index contributed by atoms with van der Waals surface area (Å²) >= 11 is 0. The number of hydrogen-bond donors (Lipinski definition) is 1. The molecule has 1 aromatic rings. The summed E-state index contributed by atoms with van der Waals surface area (Å²) in [7, 11) is 0. The fourth-order valence-electron chi connectivity index (χ4n) is 2.36. The molecule has 1 aliphatic heterocycles. The molecule has 2 amide bonds. The summed E-state index contributed by atoms with van der Waals surface area (Å²) in [6.07, 6.45) is 0.227. The summed E-state index contributed by atoms with van der Waals surface area (Å²) in [5.41, 5.74) is 1.36. The van der Waals surface area contributed by atoms with E-state index in [4.69, 9.17) is 0 Å². The molecule has 1 heterocycles. The molecule has 4 nitrogen and oxygen atoms in total. The molecule has 108 valence electrons. The van der Waals surface area contributed by atoms with Crippen LogP contribution in [0.4, 0.5) is 10.1 Å². The summed E-state index contributed by atoms with van der Waals surface area (Å²) in [6, 6.07) is 3.79. The first-order chi connectivity index (χ1) is 9.40. The first kappa shape index (κ1) is 14.5. The van der Waals surface area contributed by atoms with Crippen LogP contribution >= 0.6 is 0 Å². The van der Waals surface area contributed by atoms with Gasteiger partial charge in [-0.25, -0.2) is 4.39 Å². The normalized spacial score (nSPS) is 20.1. The number of anilines is 1. The molecule has 0 spiro atoms. The van der Waals surface area contributed by atoms with Crippen molar-refractivity contribution >= 4 is 17.5 Å². The van der Waals surface area contributed by atoms with E-state index in [9.17, 15) is 14.0 Å². The van der Waals surface area contributed by atoms with E-state index in [2.05, 4.69) is 5.32 Å². The third kappa shape index (κ3) is 2.81. The van der Waals surface area contributed by atoms with Crippen molar-refractivity contribution < 1.29 is 14.0 Å². The maximum atomic E-state index is 13.4. The third-order valence-corrected chi connectivity index (χ3v) is 3.54. The molecule has 0 bridgehead atoms. The lowest BCUT2D eigenvalue weighted by Gasteiger charge is -2.27. The highest BCUT2D eigenvalue weighted by atomic mass is 19.1. The Morgan fingerprint density at radius 3 is 2.70 bits per heavy atom. The van der Waals surface area contributed by atoms with Crippen LogP contribution in [0.15, 0.2) is 18.2 Å². The quantitative estimate of drug-likeness (QED) is 0.899. The Labute approximate surface area is 118 Å². The van der Waals surface area contributed by atoms with Gasteiger partial charge in [-0.1, -0.05) is 19.9 Å². The van der Waals surface area contributed by atoms with Crippen molar-refractivity contribution in [1.82, 2.24) is 5.32 Å². The van der Waals surface area contributed by atoms with Crippen molar-refractivity contribution in [2.45, 2.75) is 33.2 Å². The molecule has 1 saturated heterocycles. The van der Waals surface area contributed by atoms with Crippen molar-refractivity contribution in [3.8, 4) is 0 Å². The number of rotatable bonds is 2. The van der Waals surface area contributed by atoms with Crippen LogP contribution in [0.2, 0.25) is 0 Å². The van der Waals surface area contributed by atoms with Gasteiger partial charge in [0.25, 0.3) is 0 Å². The second-order valence-electron chi connectivity index (χ2n) is 5.46. The lowest BCUT2D eigenvalue weighted by atomic mass is 10.0. The Morgan fingerprint density at radius 2 is 2.05 bits per heavy atom. The summed E-state index contributed by atoms with van der Waals surface area (Å²) in [4.78, 5) is 25.8. The minimum absolute atomic E-state index is 0.0130. The smallest absolute Gasteiger partial charge is 0.249 e. The maximum absolute atomic E-state index is 13.4. The maximum Gasteiger partial charge on any atom is 0.249 e. The molecule has 20 heavy (non-hydrogen) atoms. The second-order valence-corrected chi connectivity index (χ2v) is 5.46. The standard InChI is InChI=1S/C15H19FN2O2/c1-9(2)14-15(20)18(7-6-13(19)17-14)12-8-11(16)5-4-10(12)3/h4-5,8-9,14H,6-7H2,1-3H3,(H,17,19). The highest BCUT2D eigenvalue weighted by Crippen LogP contribution is 2.24. The van der Waals surface area contributed by atoms with Gasteiger partial charge in [-0.3, -0.25) is 9.59 Å². The van der Waals surface area contributed by atoms with Crippen molar-refractivity contribution in [2.75, 3.05) is 11.4 Å². The van der Waals surface area contributed by atoms with E-state index in [1.54, 1.807) is 6.07 Å². The highest BCUT2D eigenvalue weighted by molar-refractivity contribution is 6.01. The van der Waals surface area contributed by atoms with Crippen LogP contribution in [-0.2, 0) is 9.59 Å². The molecular formula is C15H19FN2O2. The van der Waals surface area contributed by atoms with Gasteiger partial charge in [-0.2, -0.15) is 0 Å². The fourth-order valence-corrected chi connectivity index (χ4v) is 2.36. The zero-order valence-electron chi connectivity index (χ0n) is 11.9. The molecule has 1 aromatic carbocycles. The van der Waals surface area contributed by atoms with Gasteiger partial charge in [-0.05, 0) is 30.5 Å². The van der Waals surface area contributed by atoms with Crippen LogP contribution in [0.3, 0.4) is 0 Å². The van der Waals surface area contributed by atoms with Gasteiger partial charge in [0.15, 0.2) is 0 Å². The van der Waals surface area contributed by atoms with Gasteiger partial charge >= 0.3 is 0 Å². The van der Waals surface area contributed by atoms with Crippen LogP contribution in [0, 0.1) is 18.7 Å². The van der Waals surface area contributed by atoms with Crippen molar-refractivity contribution in [3.05, 3.63) is 29.6 Å². The molecule has 1 fully saturated rings. The lowest BCUT2D eigenvalue weighted by Crippen LogP contribution is -2.48. The Kier molecular flexibility index (Phi) is 4.06. The predicted molar refractivity (Wildman–Crippen MR) is 74.9 cm³/mol. The van der Waals surface area contributed by atoms with E-state index in [0.717, 1.165) is 5.56 Å². The van der Waals surface area contributed by atoms with E-state index < -0.39 is 6.04 Å². The number of carbonyl (C=O) groups excluding carboxylic acids is 2. The number of hydrogen-bond acceptors (Lipinski definition) is 2. The summed E-state index contributed by atoms with van der Waals surface area (Å²) < 4.78 is 13.4. The van der Waals surface area contributed by atoms with Gasteiger partial charge < -0.3 is 10.2 Å². The highest BCUT2D eigenvalue weighted by Gasteiger charge is 2.33. The summed E-state index contributed by atoms with van der Waals surface area (Å²) in [5, 5.41) is 2.74. The number of nitrogens with zero attached hydrogens (tertiary/aromatic N) is 1. The molecule has 1 aliphatic rings. The number of amides is 2. The number of benzene rings is 1. The second kappa shape index (κ2) is 5.61. The fraction of sp³-hybridized carbons (Fsp3) is 0.467. The molecule has 1 unspecified atom stereocenters. The molecule has 5 heteroatoms. The van der Waals surface area contributed by atoms with Gasteiger partial charge in [0, 0.05) is 18.7 Å². The minimum Gasteiger partial charge on any atom is -0.344 e. The SMILES string of the molecule is Cc1ccc(F)cc1N1CCC(=O)NC(C(C)C)C1=O. The molecule has 0 radical (unpaired) electrons. The van der Waals surface area contributed by atoms with E-state index in [1.807, 2.05) is 20.8 Å². The average molecular weight is 278 g/mol. The van der Waals surface area contributed by atoms with Crippen LogP contribution in [0.5, 0.6) is 0 Å². The zero-order chi connectivity index (χ0) is 14.9. The van der Waals surface area contributed by atoms with Gasteiger partial charge in [0.1, 0.15) is 11.9 Å². The van der Waals surface area contributed by atoms with Crippen molar-refractivity contribution in [2.24, 2.45) is 5.92 Å². The molecular weight excluding hydrogens is 259 g/mol. The monoisotopic (exact) mass is 278 g/mol. The number of nitrogens with one attached hydrogen (secondary N) is 1. The zero-order valence-corrected chi connectivity index (χ0v) is 11.9. The average Bonchev–Trinajstić information content (AvgIpc) is 2.53. The van der Waals surface area contributed by atoms with E-state index in [-0.39, 0.29) is 36.5 Å². The number of aryl methyl sites for hydroxylation is 1. The molecule has 0 aromatic heterocycles. The third-order valence-electron chi connectivity index (χ3n) is 3.54. The van der Waals surface area contributed by atoms with E-state index in [1.165, 1.54) is 17.0 Å². The van der Waals surface area contributed by atoms with Crippen LogP contribution in [0.25, 0.3) is 0 Å². The Balaban J connectivity index is 2.41. The first-order valence-electron chi connectivity index (χ1n) is 6.77. The van der Waals surface area contributed by atoms with Crippen LogP contribution < -0.4 is 10.2 Å². The first-order valence-corrected chi connectivity index (χ1v) is 6.77. The molecule has 1 atom stereocenters. The number of carbonyl (C=O) groups is 2. The van der Waals surface area contributed by atoms with Crippen molar-refractivity contribution in [1.29, 1.82) is 0 Å². The summed E-state index contributed by atoms with van der Waals surface area (Å²) in [6.45, 7) is 5.86. The van der Waals surface area contributed by atoms with E-state index >= 15 is 0 Å². The van der Waals surface area contributed by atoms with Gasteiger partial charge in [0.2, 0.25) is 11.8 Å². The Bertz CT molecular complexity index is 543. The Morgan fingerprint density at radius 1 is 1.35 bits per heavy atom. The predicted octanol–water partition coefficient (Wildman–Crippen LogP) is 2.01. The number of halogens is 1. The molecule has 0 saturated carbocycles. The minimum atomic E-state index is -0.562. The lowest BCUT2D eigenvalue weighted by molar-refractivity contribution is -0.126.